The summed E-state index contributed by atoms with van der Waals surface area (Å²) in [4.78, 5) is 2.19. The summed E-state index contributed by atoms with van der Waals surface area (Å²) in [7, 11) is 4.19. The smallest absolute Gasteiger partial charge is 0.0535 e. The van der Waals surface area contributed by atoms with Crippen LogP contribution < -0.4 is 11.1 Å². The summed E-state index contributed by atoms with van der Waals surface area (Å²) in [6, 6.07) is 17.5. The van der Waals surface area contributed by atoms with E-state index in [0.717, 1.165) is 13.0 Å². The molecule has 2 aromatic rings. The van der Waals surface area contributed by atoms with Crippen molar-refractivity contribution in [2.24, 2.45) is 5.73 Å². The second-order valence-corrected chi connectivity index (χ2v) is 6.06. The lowest BCUT2D eigenvalue weighted by atomic mass is 10.1. The van der Waals surface area contributed by atoms with Gasteiger partial charge in [-0.1, -0.05) is 42.5 Å². The van der Waals surface area contributed by atoms with Gasteiger partial charge < -0.3 is 16.0 Å². The van der Waals surface area contributed by atoms with Crippen molar-refractivity contribution in [2.45, 2.75) is 25.0 Å². The number of anilines is 1. The Labute approximate surface area is 126 Å². The van der Waals surface area contributed by atoms with E-state index < -0.39 is 0 Å². The van der Waals surface area contributed by atoms with Crippen LogP contribution in [-0.2, 0) is 6.54 Å². The second kappa shape index (κ2) is 5.88. The lowest BCUT2D eigenvalue weighted by Gasteiger charge is -2.20. The summed E-state index contributed by atoms with van der Waals surface area (Å²) >= 11 is 0. The van der Waals surface area contributed by atoms with Gasteiger partial charge in [0.1, 0.15) is 0 Å². The van der Waals surface area contributed by atoms with Gasteiger partial charge in [0.05, 0.1) is 6.04 Å². The van der Waals surface area contributed by atoms with Crippen LogP contribution >= 0.6 is 0 Å². The summed E-state index contributed by atoms with van der Waals surface area (Å²) in [5.41, 5.74) is 11.4. The average molecular weight is 281 g/mol. The molecule has 1 aliphatic rings. The van der Waals surface area contributed by atoms with Gasteiger partial charge in [-0.2, -0.15) is 0 Å². The standard InChI is InChI=1S/C18H23N3/c1-21(2)12-13-7-3-6-10-17(13)20-18-11-16(19)14-8-4-5-9-15(14)18/h3-10,16,18,20H,11-12,19H2,1-2H3. The number of fused-ring (bicyclic) bond motifs is 1. The first-order valence-corrected chi connectivity index (χ1v) is 7.48. The van der Waals surface area contributed by atoms with Crippen LogP contribution in [-0.4, -0.2) is 19.0 Å². The maximum Gasteiger partial charge on any atom is 0.0535 e. The van der Waals surface area contributed by atoms with Gasteiger partial charge in [-0.05, 0) is 43.3 Å². The largest absolute Gasteiger partial charge is 0.378 e. The predicted molar refractivity (Wildman–Crippen MR) is 88.2 cm³/mol. The van der Waals surface area contributed by atoms with E-state index in [2.05, 4.69) is 72.8 Å². The van der Waals surface area contributed by atoms with Crippen LogP contribution in [0.15, 0.2) is 48.5 Å². The first kappa shape index (κ1) is 14.1. The number of nitrogens with zero attached hydrogens (tertiary/aromatic N) is 1. The van der Waals surface area contributed by atoms with Gasteiger partial charge in [0.15, 0.2) is 0 Å². The molecule has 0 aliphatic heterocycles. The first-order chi connectivity index (χ1) is 10.1. The Balaban J connectivity index is 1.85. The van der Waals surface area contributed by atoms with Gasteiger partial charge in [0.25, 0.3) is 0 Å². The highest BCUT2D eigenvalue weighted by Gasteiger charge is 2.28. The summed E-state index contributed by atoms with van der Waals surface area (Å²) in [6.45, 7) is 0.934. The number of nitrogens with one attached hydrogen (secondary N) is 1. The minimum absolute atomic E-state index is 0.139. The summed E-state index contributed by atoms with van der Waals surface area (Å²) in [6.07, 6.45) is 0.954. The fourth-order valence-electron chi connectivity index (χ4n) is 3.14. The molecule has 0 fully saturated rings. The molecule has 0 bridgehead atoms. The molecule has 3 heteroatoms. The first-order valence-electron chi connectivity index (χ1n) is 7.48. The van der Waals surface area contributed by atoms with Gasteiger partial charge in [-0.15, -0.1) is 0 Å². The molecule has 0 radical (unpaired) electrons. The highest BCUT2D eigenvalue weighted by Crippen LogP contribution is 2.39. The SMILES string of the molecule is CN(C)Cc1ccccc1NC1CC(N)c2ccccc21. The van der Waals surface area contributed by atoms with Crippen LogP contribution in [0.2, 0.25) is 0 Å². The maximum absolute atomic E-state index is 6.26. The van der Waals surface area contributed by atoms with Crippen LogP contribution in [0, 0.1) is 0 Å². The third kappa shape index (κ3) is 2.94. The molecular weight excluding hydrogens is 258 g/mol. The zero-order valence-corrected chi connectivity index (χ0v) is 12.7. The molecule has 1 aliphatic carbocycles. The molecule has 3 rings (SSSR count). The normalized spacial score (nSPS) is 20.6. The quantitative estimate of drug-likeness (QED) is 0.903. The zero-order chi connectivity index (χ0) is 14.8. The summed E-state index contributed by atoms with van der Waals surface area (Å²) in [5, 5.41) is 3.69. The lowest BCUT2D eigenvalue weighted by molar-refractivity contribution is 0.403. The van der Waals surface area contributed by atoms with Gasteiger partial charge in [0, 0.05) is 18.3 Å². The van der Waals surface area contributed by atoms with Crippen LogP contribution in [0.3, 0.4) is 0 Å². The average Bonchev–Trinajstić information content (AvgIpc) is 2.78. The molecule has 0 saturated carbocycles. The molecule has 2 atom stereocenters. The van der Waals surface area contributed by atoms with Crippen molar-refractivity contribution in [3.8, 4) is 0 Å². The topological polar surface area (TPSA) is 41.3 Å². The second-order valence-electron chi connectivity index (χ2n) is 6.06. The van der Waals surface area contributed by atoms with Crippen LogP contribution in [0.25, 0.3) is 0 Å². The Kier molecular flexibility index (Phi) is 3.95. The molecule has 3 nitrogen and oxygen atoms in total. The Hall–Kier alpha value is -1.84. The van der Waals surface area contributed by atoms with E-state index in [9.17, 15) is 0 Å². The molecule has 2 aromatic carbocycles. The van der Waals surface area contributed by atoms with Gasteiger partial charge in [-0.25, -0.2) is 0 Å². The van der Waals surface area contributed by atoms with E-state index in [-0.39, 0.29) is 6.04 Å². The molecule has 0 heterocycles. The van der Waals surface area contributed by atoms with Crippen molar-refractivity contribution in [3.63, 3.8) is 0 Å². The van der Waals surface area contributed by atoms with Gasteiger partial charge >= 0.3 is 0 Å². The Bertz CT molecular complexity index is 621. The van der Waals surface area contributed by atoms with E-state index in [1.54, 1.807) is 0 Å². The van der Waals surface area contributed by atoms with E-state index in [0.29, 0.717) is 6.04 Å². The fraction of sp³-hybridized carbons (Fsp3) is 0.333. The number of rotatable bonds is 4. The highest BCUT2D eigenvalue weighted by molar-refractivity contribution is 5.54. The Morgan fingerprint density at radius 2 is 1.71 bits per heavy atom. The van der Waals surface area contributed by atoms with Crippen LogP contribution in [0.5, 0.6) is 0 Å². The zero-order valence-electron chi connectivity index (χ0n) is 12.7. The molecule has 21 heavy (non-hydrogen) atoms. The molecule has 0 saturated heterocycles. The van der Waals surface area contributed by atoms with Crippen LogP contribution in [0.4, 0.5) is 5.69 Å². The minimum atomic E-state index is 0.139. The molecule has 0 amide bonds. The van der Waals surface area contributed by atoms with E-state index >= 15 is 0 Å². The molecule has 0 spiro atoms. The van der Waals surface area contributed by atoms with E-state index in [4.69, 9.17) is 5.73 Å². The van der Waals surface area contributed by atoms with Gasteiger partial charge in [-0.3, -0.25) is 0 Å². The Morgan fingerprint density at radius 3 is 2.48 bits per heavy atom. The van der Waals surface area contributed by atoms with Crippen molar-refractivity contribution in [1.29, 1.82) is 0 Å². The molecular formula is C18H23N3. The number of benzene rings is 2. The number of para-hydroxylation sites is 1. The minimum Gasteiger partial charge on any atom is -0.378 e. The third-order valence-corrected chi connectivity index (χ3v) is 4.09. The van der Waals surface area contributed by atoms with Crippen molar-refractivity contribution in [2.75, 3.05) is 19.4 Å². The van der Waals surface area contributed by atoms with Gasteiger partial charge in [0.2, 0.25) is 0 Å². The highest BCUT2D eigenvalue weighted by atomic mass is 15.1. The van der Waals surface area contributed by atoms with Crippen molar-refractivity contribution in [3.05, 3.63) is 65.2 Å². The molecule has 0 aromatic heterocycles. The summed E-state index contributed by atoms with van der Waals surface area (Å²) in [5.74, 6) is 0. The van der Waals surface area contributed by atoms with E-state index in [1.807, 2.05) is 0 Å². The Morgan fingerprint density at radius 1 is 1.05 bits per heavy atom. The maximum atomic E-state index is 6.26. The van der Waals surface area contributed by atoms with Crippen molar-refractivity contribution in [1.82, 2.24) is 4.90 Å². The number of nitrogens with two attached hydrogens (primary N) is 1. The molecule has 2 unspecified atom stereocenters. The lowest BCUT2D eigenvalue weighted by Crippen LogP contribution is -2.15. The predicted octanol–water partition coefficient (Wildman–Crippen LogP) is 3.30. The van der Waals surface area contributed by atoms with Crippen LogP contribution in [0.1, 0.15) is 35.2 Å². The summed E-state index contributed by atoms with van der Waals surface area (Å²) < 4.78 is 0. The van der Waals surface area contributed by atoms with E-state index in [1.165, 1.54) is 22.4 Å². The number of hydrogen-bond donors (Lipinski definition) is 2. The number of hydrogen-bond acceptors (Lipinski definition) is 3. The monoisotopic (exact) mass is 281 g/mol. The van der Waals surface area contributed by atoms with Crippen molar-refractivity contribution >= 4 is 5.69 Å². The fourth-order valence-corrected chi connectivity index (χ4v) is 3.14. The molecule has 3 N–H and O–H groups in total. The van der Waals surface area contributed by atoms with Crippen molar-refractivity contribution < 1.29 is 0 Å². The molecule has 110 valence electrons. The third-order valence-electron chi connectivity index (χ3n) is 4.09.